The molecule has 0 heterocycles. The minimum atomic E-state index is -0.594. The third-order valence-corrected chi connectivity index (χ3v) is 3.56. The van der Waals surface area contributed by atoms with E-state index in [0.717, 1.165) is 17.0 Å². The lowest BCUT2D eigenvalue weighted by atomic mass is 10.1. The second-order valence-electron chi connectivity index (χ2n) is 4.83. The molecule has 4 heteroatoms. The number of para-hydroxylation sites is 1. The average molecular weight is 294 g/mol. The summed E-state index contributed by atoms with van der Waals surface area (Å²) in [5, 5.41) is 13.6. The fourth-order valence-corrected chi connectivity index (χ4v) is 2.27. The van der Waals surface area contributed by atoms with Crippen LogP contribution in [0.4, 0.5) is 4.39 Å². The fraction of sp³-hybridized carbons (Fsp3) is 0.250. The molecule has 2 nitrogen and oxygen atoms in total. The zero-order valence-corrected chi connectivity index (χ0v) is 12.0. The normalized spacial score (nSPS) is 12.3. The number of phenols is 1. The van der Waals surface area contributed by atoms with E-state index in [1.165, 1.54) is 6.07 Å². The minimum absolute atomic E-state index is 0.164. The van der Waals surface area contributed by atoms with Crippen molar-refractivity contribution < 1.29 is 9.50 Å². The zero-order valence-electron chi connectivity index (χ0n) is 11.2. The minimum Gasteiger partial charge on any atom is -0.505 e. The molecular formula is C16H17ClFNO. The Morgan fingerprint density at radius 1 is 1.15 bits per heavy atom. The topological polar surface area (TPSA) is 32.3 Å². The van der Waals surface area contributed by atoms with Gasteiger partial charge in [0.15, 0.2) is 11.6 Å². The molecule has 0 aromatic heterocycles. The van der Waals surface area contributed by atoms with Crippen molar-refractivity contribution in [2.75, 3.05) is 0 Å². The largest absolute Gasteiger partial charge is 0.505 e. The van der Waals surface area contributed by atoms with Crippen LogP contribution < -0.4 is 5.32 Å². The van der Waals surface area contributed by atoms with Crippen molar-refractivity contribution in [1.82, 2.24) is 5.32 Å². The molecule has 20 heavy (non-hydrogen) atoms. The maximum absolute atomic E-state index is 13.2. The second kappa shape index (κ2) is 6.73. The third-order valence-electron chi connectivity index (χ3n) is 3.20. The lowest BCUT2D eigenvalue weighted by Crippen LogP contribution is -2.27. The van der Waals surface area contributed by atoms with Crippen molar-refractivity contribution in [2.24, 2.45) is 0 Å². The van der Waals surface area contributed by atoms with Crippen molar-refractivity contribution in [2.45, 2.75) is 25.9 Å². The highest BCUT2D eigenvalue weighted by Crippen LogP contribution is 2.21. The summed E-state index contributed by atoms with van der Waals surface area (Å²) in [6.07, 6.45) is 0.774. The van der Waals surface area contributed by atoms with Gasteiger partial charge in [0.25, 0.3) is 0 Å². The molecule has 0 saturated carbocycles. The van der Waals surface area contributed by atoms with E-state index in [4.69, 9.17) is 11.6 Å². The van der Waals surface area contributed by atoms with Crippen LogP contribution in [0.25, 0.3) is 0 Å². The van der Waals surface area contributed by atoms with Crippen LogP contribution in [-0.4, -0.2) is 11.1 Å². The van der Waals surface area contributed by atoms with E-state index in [2.05, 4.69) is 5.32 Å². The van der Waals surface area contributed by atoms with E-state index in [0.29, 0.717) is 12.1 Å². The molecule has 0 amide bonds. The number of aromatic hydroxyl groups is 1. The summed E-state index contributed by atoms with van der Waals surface area (Å²) in [6.45, 7) is 2.44. The van der Waals surface area contributed by atoms with Crippen LogP contribution in [0.5, 0.6) is 5.75 Å². The number of hydrogen-bond donors (Lipinski definition) is 2. The molecule has 0 spiro atoms. The molecule has 0 fully saturated rings. The summed E-state index contributed by atoms with van der Waals surface area (Å²) in [5.74, 6) is -0.881. The summed E-state index contributed by atoms with van der Waals surface area (Å²) >= 11 is 6.11. The van der Waals surface area contributed by atoms with Crippen LogP contribution in [0.2, 0.25) is 5.02 Å². The van der Waals surface area contributed by atoms with Gasteiger partial charge in [-0.15, -0.1) is 0 Å². The summed E-state index contributed by atoms with van der Waals surface area (Å²) in [5.41, 5.74) is 1.62. The first kappa shape index (κ1) is 14.8. The Morgan fingerprint density at radius 2 is 1.85 bits per heavy atom. The van der Waals surface area contributed by atoms with Crippen LogP contribution in [0.15, 0.2) is 42.5 Å². The van der Waals surface area contributed by atoms with Gasteiger partial charge in [0.1, 0.15) is 0 Å². The smallest absolute Gasteiger partial charge is 0.165 e. The van der Waals surface area contributed by atoms with Crippen molar-refractivity contribution in [3.8, 4) is 5.75 Å². The number of halogens is 2. The van der Waals surface area contributed by atoms with Gasteiger partial charge in [-0.1, -0.05) is 41.9 Å². The molecule has 0 radical (unpaired) electrons. The average Bonchev–Trinajstić information content (AvgIpc) is 2.43. The predicted molar refractivity (Wildman–Crippen MR) is 79.5 cm³/mol. The Morgan fingerprint density at radius 3 is 2.60 bits per heavy atom. The molecule has 0 aliphatic heterocycles. The van der Waals surface area contributed by atoms with Gasteiger partial charge in [0, 0.05) is 23.2 Å². The van der Waals surface area contributed by atoms with Gasteiger partial charge < -0.3 is 10.4 Å². The van der Waals surface area contributed by atoms with E-state index in [1.807, 2.05) is 31.2 Å². The number of hydrogen-bond acceptors (Lipinski definition) is 2. The van der Waals surface area contributed by atoms with Gasteiger partial charge in [-0.05, 0) is 31.0 Å². The SMILES string of the molecule is CC(Cc1ccccc1Cl)NCc1cccc(F)c1O. The molecule has 1 unspecified atom stereocenters. The number of nitrogens with one attached hydrogen (secondary N) is 1. The van der Waals surface area contributed by atoms with E-state index >= 15 is 0 Å². The van der Waals surface area contributed by atoms with E-state index in [1.54, 1.807) is 12.1 Å². The highest BCUT2D eigenvalue weighted by atomic mass is 35.5. The highest BCUT2D eigenvalue weighted by molar-refractivity contribution is 6.31. The quantitative estimate of drug-likeness (QED) is 0.876. The molecule has 2 aromatic rings. The molecule has 0 saturated heterocycles. The Kier molecular flexibility index (Phi) is 4.99. The number of phenolic OH excluding ortho intramolecular Hbond substituents is 1. The summed E-state index contributed by atoms with van der Waals surface area (Å²) in [6, 6.07) is 12.4. The van der Waals surface area contributed by atoms with Crippen LogP contribution in [0.3, 0.4) is 0 Å². The molecular weight excluding hydrogens is 277 g/mol. The number of rotatable bonds is 5. The van der Waals surface area contributed by atoms with Crippen molar-refractivity contribution in [1.29, 1.82) is 0 Å². The third kappa shape index (κ3) is 3.71. The second-order valence-corrected chi connectivity index (χ2v) is 5.23. The van der Waals surface area contributed by atoms with Gasteiger partial charge in [-0.25, -0.2) is 4.39 Å². The highest BCUT2D eigenvalue weighted by Gasteiger charge is 2.09. The maximum Gasteiger partial charge on any atom is 0.165 e. The monoisotopic (exact) mass is 293 g/mol. The van der Waals surface area contributed by atoms with Gasteiger partial charge >= 0.3 is 0 Å². The molecule has 106 valence electrons. The first-order valence-electron chi connectivity index (χ1n) is 6.51. The maximum atomic E-state index is 13.2. The first-order chi connectivity index (χ1) is 9.58. The van der Waals surface area contributed by atoms with Crippen molar-refractivity contribution >= 4 is 11.6 Å². The summed E-state index contributed by atoms with van der Waals surface area (Å²) < 4.78 is 13.2. The van der Waals surface area contributed by atoms with E-state index in [-0.39, 0.29) is 11.8 Å². The molecule has 2 N–H and O–H groups in total. The lowest BCUT2D eigenvalue weighted by molar-refractivity contribution is 0.420. The summed E-state index contributed by atoms with van der Waals surface area (Å²) in [7, 11) is 0. The van der Waals surface area contributed by atoms with E-state index in [9.17, 15) is 9.50 Å². The standard InChI is InChI=1S/C16H17ClFNO/c1-11(9-12-5-2-3-7-14(12)17)19-10-13-6-4-8-15(18)16(13)20/h2-8,11,19-20H,9-10H2,1H3. The lowest BCUT2D eigenvalue weighted by Gasteiger charge is -2.15. The van der Waals surface area contributed by atoms with Gasteiger partial charge in [-0.3, -0.25) is 0 Å². The van der Waals surface area contributed by atoms with Gasteiger partial charge in [0.05, 0.1) is 0 Å². The van der Waals surface area contributed by atoms with Crippen molar-refractivity contribution in [3.63, 3.8) is 0 Å². The summed E-state index contributed by atoms with van der Waals surface area (Å²) in [4.78, 5) is 0. The first-order valence-corrected chi connectivity index (χ1v) is 6.89. The Hall–Kier alpha value is -1.58. The predicted octanol–water partition coefficient (Wildman–Crippen LogP) is 3.91. The van der Waals surface area contributed by atoms with Crippen LogP contribution in [0, 0.1) is 5.82 Å². The molecule has 0 bridgehead atoms. The van der Waals surface area contributed by atoms with E-state index < -0.39 is 5.82 Å². The Labute approximate surface area is 123 Å². The molecule has 0 aliphatic rings. The molecule has 1 atom stereocenters. The number of benzene rings is 2. The molecule has 2 aromatic carbocycles. The van der Waals surface area contributed by atoms with Crippen LogP contribution in [-0.2, 0) is 13.0 Å². The van der Waals surface area contributed by atoms with Gasteiger partial charge in [0.2, 0.25) is 0 Å². The van der Waals surface area contributed by atoms with Gasteiger partial charge in [-0.2, -0.15) is 0 Å². The Balaban J connectivity index is 1.94. The van der Waals surface area contributed by atoms with Crippen LogP contribution >= 0.6 is 11.6 Å². The zero-order chi connectivity index (χ0) is 14.5. The van der Waals surface area contributed by atoms with Crippen molar-refractivity contribution in [3.05, 3.63) is 64.4 Å². The molecule has 0 aliphatic carbocycles. The fourth-order valence-electron chi connectivity index (χ4n) is 2.05. The molecule has 2 rings (SSSR count). The van der Waals surface area contributed by atoms with Crippen LogP contribution in [0.1, 0.15) is 18.1 Å². The Bertz CT molecular complexity index is 588.